The first-order valence-electron chi connectivity index (χ1n) is 6.13. The predicted octanol–water partition coefficient (Wildman–Crippen LogP) is 0.152. The molecule has 1 aromatic heterocycles. The van der Waals surface area contributed by atoms with Gasteiger partial charge in [-0.15, -0.1) is 0 Å². The fourth-order valence-electron chi connectivity index (χ4n) is 1.15. The molecule has 118 valence electrons. The van der Waals surface area contributed by atoms with Crippen molar-refractivity contribution in [1.82, 2.24) is 4.57 Å². The van der Waals surface area contributed by atoms with Gasteiger partial charge in [-0.1, -0.05) is 0 Å². The highest BCUT2D eigenvalue weighted by Gasteiger charge is 2.01. The summed E-state index contributed by atoms with van der Waals surface area (Å²) < 4.78 is 47.0. The molecule has 0 aliphatic rings. The average molecular weight is 310 g/mol. The molecule has 0 bridgehead atoms. The van der Waals surface area contributed by atoms with Crippen molar-refractivity contribution in [2.24, 2.45) is 7.05 Å². The third-order valence-electron chi connectivity index (χ3n) is 2.09. The van der Waals surface area contributed by atoms with E-state index in [0.29, 0.717) is 6.61 Å². The molecule has 0 saturated carbocycles. The van der Waals surface area contributed by atoms with Crippen LogP contribution in [0.15, 0.2) is 18.7 Å². The molecule has 1 rings (SSSR count). The van der Waals surface area contributed by atoms with Crippen LogP contribution < -0.4 is 4.57 Å². The second-order valence-corrected chi connectivity index (χ2v) is 4.80. The maximum Gasteiger partial charge on any atom is 0.243 e. The lowest BCUT2D eigenvalue weighted by Gasteiger charge is -2.13. The van der Waals surface area contributed by atoms with Crippen LogP contribution in [-0.2, 0) is 37.6 Å². The largest absolute Gasteiger partial charge is 0.725 e. The SMILES string of the molecule is CCOC(C)OCOS(=O)(=O)[O-].CCn1cc[n+](C)c1. The van der Waals surface area contributed by atoms with Gasteiger partial charge in [0.2, 0.25) is 16.7 Å². The summed E-state index contributed by atoms with van der Waals surface area (Å²) in [6, 6.07) is 0. The first kappa shape index (κ1) is 19.0. The molecular formula is C11H22N2O6S. The molecular weight excluding hydrogens is 288 g/mol. The van der Waals surface area contributed by atoms with Gasteiger partial charge in [0.25, 0.3) is 0 Å². The zero-order valence-electron chi connectivity index (χ0n) is 12.2. The van der Waals surface area contributed by atoms with Gasteiger partial charge in [0.15, 0.2) is 13.1 Å². The van der Waals surface area contributed by atoms with E-state index in [2.05, 4.69) is 32.9 Å². The van der Waals surface area contributed by atoms with E-state index in [-0.39, 0.29) is 0 Å². The van der Waals surface area contributed by atoms with E-state index < -0.39 is 23.5 Å². The molecule has 0 amide bonds. The summed E-state index contributed by atoms with van der Waals surface area (Å²) in [5, 5.41) is 0. The number of rotatable bonds is 7. The number of imidazole rings is 1. The molecule has 0 spiro atoms. The van der Waals surface area contributed by atoms with Gasteiger partial charge in [-0.05, 0) is 20.8 Å². The Bertz CT molecular complexity index is 459. The number of aromatic nitrogens is 2. The molecule has 1 aromatic rings. The highest BCUT2D eigenvalue weighted by molar-refractivity contribution is 7.80. The molecule has 0 aliphatic carbocycles. The van der Waals surface area contributed by atoms with Gasteiger partial charge in [-0.2, -0.15) is 0 Å². The Morgan fingerprint density at radius 3 is 2.35 bits per heavy atom. The molecule has 1 unspecified atom stereocenters. The van der Waals surface area contributed by atoms with E-state index in [1.807, 2.05) is 17.8 Å². The average Bonchev–Trinajstić information content (AvgIpc) is 2.75. The Morgan fingerprint density at radius 2 is 2.00 bits per heavy atom. The van der Waals surface area contributed by atoms with Gasteiger partial charge in [-0.3, -0.25) is 4.18 Å². The van der Waals surface area contributed by atoms with E-state index in [9.17, 15) is 13.0 Å². The van der Waals surface area contributed by atoms with E-state index in [4.69, 9.17) is 4.74 Å². The highest BCUT2D eigenvalue weighted by Crippen LogP contribution is 1.94. The van der Waals surface area contributed by atoms with Crippen LogP contribution in [0.3, 0.4) is 0 Å². The summed E-state index contributed by atoms with van der Waals surface area (Å²) in [5.41, 5.74) is 0. The van der Waals surface area contributed by atoms with Crippen molar-refractivity contribution in [2.75, 3.05) is 13.4 Å². The fraction of sp³-hybridized carbons (Fsp3) is 0.727. The lowest BCUT2D eigenvalue weighted by atomic mass is 10.7. The lowest BCUT2D eigenvalue weighted by molar-refractivity contribution is -0.671. The molecule has 1 heterocycles. The smallest absolute Gasteiger partial charge is 0.243 e. The summed E-state index contributed by atoms with van der Waals surface area (Å²) in [5.74, 6) is 0. The zero-order chi connectivity index (χ0) is 15.6. The first-order valence-corrected chi connectivity index (χ1v) is 7.46. The molecule has 0 N–H and O–H groups in total. The van der Waals surface area contributed by atoms with Crippen LogP contribution in [0.1, 0.15) is 20.8 Å². The Morgan fingerprint density at radius 1 is 1.35 bits per heavy atom. The molecule has 8 nitrogen and oxygen atoms in total. The van der Waals surface area contributed by atoms with Gasteiger partial charge in [-0.25, -0.2) is 17.6 Å². The number of hydrogen-bond donors (Lipinski definition) is 0. The summed E-state index contributed by atoms with van der Waals surface area (Å²) in [4.78, 5) is 0. The van der Waals surface area contributed by atoms with Crippen LogP contribution in [0.25, 0.3) is 0 Å². The van der Waals surface area contributed by atoms with E-state index >= 15 is 0 Å². The van der Waals surface area contributed by atoms with Crippen molar-refractivity contribution in [2.45, 2.75) is 33.6 Å². The number of aryl methyl sites for hydroxylation is 2. The molecule has 0 radical (unpaired) electrons. The highest BCUT2D eigenvalue weighted by atomic mass is 32.3. The van der Waals surface area contributed by atoms with Crippen LogP contribution in [0.5, 0.6) is 0 Å². The summed E-state index contributed by atoms with van der Waals surface area (Å²) >= 11 is 0. The minimum absolute atomic E-state index is 0.436. The predicted molar refractivity (Wildman–Crippen MR) is 69.1 cm³/mol. The zero-order valence-corrected chi connectivity index (χ0v) is 13.0. The molecule has 9 heteroatoms. The molecule has 0 saturated heterocycles. The number of ether oxygens (including phenoxy) is 2. The van der Waals surface area contributed by atoms with Gasteiger partial charge >= 0.3 is 0 Å². The monoisotopic (exact) mass is 310 g/mol. The molecule has 0 aliphatic heterocycles. The quantitative estimate of drug-likeness (QED) is 0.308. The van der Waals surface area contributed by atoms with Crippen molar-refractivity contribution in [1.29, 1.82) is 0 Å². The Hall–Kier alpha value is -1.00. The van der Waals surface area contributed by atoms with Gasteiger partial charge in [0.05, 0.1) is 13.6 Å². The van der Waals surface area contributed by atoms with Crippen LogP contribution in [0.2, 0.25) is 0 Å². The van der Waals surface area contributed by atoms with Crippen molar-refractivity contribution in [3.8, 4) is 0 Å². The van der Waals surface area contributed by atoms with Crippen molar-refractivity contribution in [3.05, 3.63) is 18.7 Å². The second-order valence-electron chi connectivity index (χ2n) is 3.74. The molecule has 1 atom stereocenters. The van der Waals surface area contributed by atoms with E-state index in [0.717, 1.165) is 6.54 Å². The first-order chi connectivity index (χ1) is 9.28. The number of nitrogens with zero attached hydrogens (tertiary/aromatic N) is 2. The van der Waals surface area contributed by atoms with Crippen LogP contribution in [0.4, 0.5) is 0 Å². The lowest BCUT2D eigenvalue weighted by Crippen LogP contribution is -2.23. The number of hydrogen-bond acceptors (Lipinski definition) is 6. The van der Waals surface area contributed by atoms with E-state index in [1.165, 1.54) is 0 Å². The third-order valence-corrected chi connectivity index (χ3v) is 2.47. The van der Waals surface area contributed by atoms with Crippen molar-refractivity contribution < 1.29 is 31.2 Å². The Balaban J connectivity index is 0.000000388. The van der Waals surface area contributed by atoms with Gasteiger partial charge < -0.3 is 14.0 Å². The second kappa shape index (κ2) is 9.83. The van der Waals surface area contributed by atoms with Gasteiger partial charge in [0, 0.05) is 6.61 Å². The minimum Gasteiger partial charge on any atom is -0.725 e. The summed E-state index contributed by atoms with van der Waals surface area (Å²) in [6.45, 7) is 6.31. The van der Waals surface area contributed by atoms with Crippen molar-refractivity contribution in [3.63, 3.8) is 0 Å². The van der Waals surface area contributed by atoms with Crippen LogP contribution >= 0.6 is 0 Å². The summed E-state index contributed by atoms with van der Waals surface area (Å²) in [7, 11) is -2.65. The standard InChI is InChI=1S/C6H11N2.C5H12O6S/c1-3-8-5-4-7(2)6-8;1-3-9-5(2)10-4-11-12(6,7)8/h4-6H,3H2,1-2H3;5H,3-4H2,1-2H3,(H,6,7,8)/q+1;/p-1. The Kier molecular flexibility index (Phi) is 9.34. The van der Waals surface area contributed by atoms with Crippen LogP contribution in [-0.4, -0.2) is 37.2 Å². The maximum atomic E-state index is 9.87. The van der Waals surface area contributed by atoms with Crippen LogP contribution in [0, 0.1) is 0 Å². The molecule has 20 heavy (non-hydrogen) atoms. The van der Waals surface area contributed by atoms with E-state index in [1.54, 1.807) is 13.8 Å². The molecule has 0 aromatic carbocycles. The normalized spacial score (nSPS) is 12.7. The maximum absolute atomic E-state index is 9.87. The topological polar surface area (TPSA) is 93.7 Å². The summed E-state index contributed by atoms with van der Waals surface area (Å²) in [6.07, 6.45) is 5.56. The third kappa shape index (κ3) is 10.9. The Labute approximate surface area is 119 Å². The van der Waals surface area contributed by atoms with Gasteiger partial charge in [0.1, 0.15) is 12.4 Å². The minimum atomic E-state index is -4.67. The van der Waals surface area contributed by atoms with Crippen molar-refractivity contribution >= 4 is 10.4 Å². The molecule has 0 fully saturated rings. The fourth-order valence-corrected chi connectivity index (χ4v) is 1.33.